The largest absolute Gasteiger partial charge is 0.321 e. The molecule has 1 aromatic heterocycles. The molecule has 1 heterocycles. The summed E-state index contributed by atoms with van der Waals surface area (Å²) in [6, 6.07) is 18.3. The second kappa shape index (κ2) is 8.13. The highest BCUT2D eigenvalue weighted by molar-refractivity contribution is 6.33. The van der Waals surface area contributed by atoms with Gasteiger partial charge in [-0.15, -0.1) is 0 Å². The second-order valence-corrected chi connectivity index (χ2v) is 5.88. The van der Waals surface area contributed by atoms with Crippen LogP contribution in [0.25, 0.3) is 0 Å². The molecule has 2 amide bonds. The number of amides is 2. The Morgan fingerprint density at radius 1 is 0.926 bits per heavy atom. The molecule has 3 aromatic rings. The van der Waals surface area contributed by atoms with Crippen molar-refractivity contribution >= 4 is 34.8 Å². The van der Waals surface area contributed by atoms with E-state index in [1.165, 1.54) is 18.3 Å². The molecule has 0 bridgehead atoms. The Labute approximate surface area is 160 Å². The number of hydrogen-bond acceptors (Lipinski definition) is 4. The molecule has 3 rings (SSSR count). The van der Waals surface area contributed by atoms with Crippen LogP contribution in [0.3, 0.4) is 0 Å². The van der Waals surface area contributed by atoms with Gasteiger partial charge in [0.15, 0.2) is 0 Å². The number of aromatic nitrogens is 1. The van der Waals surface area contributed by atoms with Crippen molar-refractivity contribution in [2.24, 2.45) is 0 Å². The number of nitrogens with zero attached hydrogens (tertiary/aromatic N) is 2. The Bertz CT molecular complexity index is 1060. The predicted molar refractivity (Wildman–Crippen MR) is 103 cm³/mol. The molecule has 0 saturated heterocycles. The van der Waals surface area contributed by atoms with E-state index in [0.29, 0.717) is 22.0 Å². The average molecular weight is 377 g/mol. The van der Waals surface area contributed by atoms with Crippen molar-refractivity contribution < 1.29 is 9.59 Å². The molecule has 2 N–H and O–H groups in total. The van der Waals surface area contributed by atoms with Gasteiger partial charge in [0, 0.05) is 11.8 Å². The van der Waals surface area contributed by atoms with Gasteiger partial charge in [-0.3, -0.25) is 14.6 Å². The highest BCUT2D eigenvalue weighted by Gasteiger charge is 2.14. The molecule has 0 atom stereocenters. The molecule has 0 fully saturated rings. The number of benzene rings is 2. The van der Waals surface area contributed by atoms with Crippen molar-refractivity contribution in [3.63, 3.8) is 0 Å². The van der Waals surface area contributed by atoms with Crippen molar-refractivity contribution in [2.45, 2.75) is 0 Å². The molecule has 132 valence electrons. The fourth-order valence-electron chi connectivity index (χ4n) is 2.33. The van der Waals surface area contributed by atoms with E-state index in [2.05, 4.69) is 15.6 Å². The summed E-state index contributed by atoms with van der Waals surface area (Å²) in [5.41, 5.74) is 1.49. The topological polar surface area (TPSA) is 94.9 Å². The van der Waals surface area contributed by atoms with E-state index >= 15 is 0 Å². The Morgan fingerprint density at radius 3 is 2.33 bits per heavy atom. The van der Waals surface area contributed by atoms with Gasteiger partial charge in [0.25, 0.3) is 11.8 Å². The van der Waals surface area contributed by atoms with Gasteiger partial charge in [-0.25, -0.2) is 0 Å². The van der Waals surface area contributed by atoms with Gasteiger partial charge >= 0.3 is 0 Å². The molecular weight excluding hydrogens is 364 g/mol. The average Bonchev–Trinajstić information content (AvgIpc) is 2.70. The molecule has 0 spiro atoms. The maximum atomic E-state index is 12.5. The molecule has 2 aromatic carbocycles. The number of carbonyl (C=O) groups is 2. The summed E-state index contributed by atoms with van der Waals surface area (Å²) in [5, 5.41) is 14.8. The Hall–Kier alpha value is -3.69. The van der Waals surface area contributed by atoms with Crippen molar-refractivity contribution in [3.8, 4) is 6.07 Å². The van der Waals surface area contributed by atoms with Gasteiger partial charge in [-0.2, -0.15) is 5.26 Å². The fourth-order valence-corrected chi connectivity index (χ4v) is 2.51. The second-order valence-electron chi connectivity index (χ2n) is 5.48. The van der Waals surface area contributed by atoms with Crippen LogP contribution in [0.15, 0.2) is 66.9 Å². The monoisotopic (exact) mass is 376 g/mol. The SMILES string of the molecule is N#Cc1ccccc1NC(=O)c1ccnc(C(=O)Nc2ccccc2Cl)c1. The van der Waals surface area contributed by atoms with Crippen LogP contribution in [-0.2, 0) is 0 Å². The van der Waals surface area contributed by atoms with Gasteiger partial charge in [0.1, 0.15) is 11.8 Å². The zero-order valence-corrected chi connectivity index (χ0v) is 14.7. The lowest BCUT2D eigenvalue weighted by molar-refractivity contribution is 0.102. The number of pyridine rings is 1. The fraction of sp³-hybridized carbons (Fsp3) is 0. The van der Waals surface area contributed by atoms with E-state index in [9.17, 15) is 9.59 Å². The number of para-hydroxylation sites is 2. The summed E-state index contributed by atoms with van der Waals surface area (Å²) in [7, 11) is 0. The lowest BCUT2D eigenvalue weighted by Gasteiger charge is -2.09. The first-order valence-electron chi connectivity index (χ1n) is 7.91. The maximum Gasteiger partial charge on any atom is 0.274 e. The number of halogens is 1. The van der Waals surface area contributed by atoms with Gasteiger partial charge in [0.05, 0.1) is 22.0 Å². The van der Waals surface area contributed by atoms with Crippen LogP contribution < -0.4 is 10.6 Å². The van der Waals surface area contributed by atoms with Crippen LogP contribution in [0.5, 0.6) is 0 Å². The summed E-state index contributed by atoms with van der Waals surface area (Å²) in [6.45, 7) is 0. The first-order valence-corrected chi connectivity index (χ1v) is 8.28. The number of nitriles is 1. The van der Waals surface area contributed by atoms with Gasteiger partial charge < -0.3 is 10.6 Å². The van der Waals surface area contributed by atoms with E-state index < -0.39 is 11.8 Å². The Balaban J connectivity index is 1.79. The van der Waals surface area contributed by atoms with E-state index in [-0.39, 0.29) is 11.3 Å². The van der Waals surface area contributed by atoms with Crippen LogP contribution in [0, 0.1) is 11.3 Å². The minimum absolute atomic E-state index is 0.0659. The van der Waals surface area contributed by atoms with Crippen LogP contribution in [-0.4, -0.2) is 16.8 Å². The number of rotatable bonds is 4. The van der Waals surface area contributed by atoms with Crippen molar-refractivity contribution in [2.75, 3.05) is 10.6 Å². The standard InChI is InChI=1S/C20H13ClN4O2/c21-15-6-2-4-8-17(15)25-20(27)18-11-13(9-10-23-18)19(26)24-16-7-3-1-5-14(16)12-22/h1-11H,(H,24,26)(H,25,27). The maximum absolute atomic E-state index is 12.5. The summed E-state index contributed by atoms with van der Waals surface area (Å²) in [4.78, 5) is 28.9. The smallest absolute Gasteiger partial charge is 0.274 e. The molecule has 0 aliphatic rings. The van der Waals surface area contributed by atoms with Crippen molar-refractivity contribution in [1.29, 1.82) is 5.26 Å². The molecule has 0 radical (unpaired) electrons. The number of carbonyl (C=O) groups excluding carboxylic acids is 2. The van der Waals surface area contributed by atoms with E-state index in [0.717, 1.165) is 0 Å². The number of hydrogen-bond donors (Lipinski definition) is 2. The van der Waals surface area contributed by atoms with E-state index in [1.807, 2.05) is 6.07 Å². The molecular formula is C20H13ClN4O2. The summed E-state index contributed by atoms with van der Waals surface area (Å²) in [5.74, 6) is -0.943. The van der Waals surface area contributed by atoms with Crippen LogP contribution in [0.2, 0.25) is 5.02 Å². The molecule has 6 nitrogen and oxygen atoms in total. The lowest BCUT2D eigenvalue weighted by Crippen LogP contribution is -2.17. The molecule has 7 heteroatoms. The van der Waals surface area contributed by atoms with Gasteiger partial charge in [-0.1, -0.05) is 35.9 Å². The van der Waals surface area contributed by atoms with Gasteiger partial charge in [0.2, 0.25) is 0 Å². The third-order valence-corrected chi connectivity index (χ3v) is 4.00. The number of nitrogens with one attached hydrogen (secondary N) is 2. The third-order valence-electron chi connectivity index (χ3n) is 3.67. The highest BCUT2D eigenvalue weighted by atomic mass is 35.5. The normalized spacial score (nSPS) is 9.93. The highest BCUT2D eigenvalue weighted by Crippen LogP contribution is 2.21. The Kier molecular flexibility index (Phi) is 5.45. The third kappa shape index (κ3) is 4.29. The molecule has 0 aliphatic heterocycles. The Morgan fingerprint density at radius 2 is 1.59 bits per heavy atom. The van der Waals surface area contributed by atoms with E-state index in [4.69, 9.17) is 16.9 Å². The molecule has 27 heavy (non-hydrogen) atoms. The molecule has 0 aliphatic carbocycles. The quantitative estimate of drug-likeness (QED) is 0.716. The zero-order chi connectivity index (χ0) is 19.2. The first-order chi connectivity index (χ1) is 13.1. The van der Waals surface area contributed by atoms with E-state index in [1.54, 1.807) is 48.5 Å². The predicted octanol–water partition coefficient (Wildman–Crippen LogP) is 4.11. The lowest BCUT2D eigenvalue weighted by atomic mass is 10.1. The van der Waals surface area contributed by atoms with Crippen molar-refractivity contribution in [3.05, 3.63) is 88.7 Å². The van der Waals surface area contributed by atoms with Crippen molar-refractivity contribution in [1.82, 2.24) is 4.98 Å². The summed E-state index contributed by atoms with van der Waals surface area (Å²) >= 11 is 6.03. The minimum atomic E-state index is -0.491. The summed E-state index contributed by atoms with van der Waals surface area (Å²) < 4.78 is 0. The summed E-state index contributed by atoms with van der Waals surface area (Å²) in [6.07, 6.45) is 1.37. The van der Waals surface area contributed by atoms with Gasteiger partial charge in [-0.05, 0) is 36.4 Å². The first kappa shape index (κ1) is 18.1. The number of anilines is 2. The van der Waals surface area contributed by atoms with Crippen LogP contribution in [0.4, 0.5) is 11.4 Å². The van der Waals surface area contributed by atoms with Crippen LogP contribution in [0.1, 0.15) is 26.4 Å². The molecule has 0 unspecified atom stereocenters. The zero-order valence-electron chi connectivity index (χ0n) is 13.9. The minimum Gasteiger partial charge on any atom is -0.321 e. The van der Waals surface area contributed by atoms with Crippen LogP contribution >= 0.6 is 11.6 Å². The molecule has 0 saturated carbocycles.